The molecule has 2 aromatic carbocycles. The summed E-state index contributed by atoms with van der Waals surface area (Å²) in [6, 6.07) is 12.9. The number of ether oxygens (including phenoxy) is 1. The summed E-state index contributed by atoms with van der Waals surface area (Å²) in [4.78, 5) is 0.175. The Kier molecular flexibility index (Phi) is 4.50. The average Bonchev–Trinajstić information content (AvgIpc) is 3.03. The van der Waals surface area contributed by atoms with E-state index in [1.165, 1.54) is 23.9 Å². The number of hydrogen-bond donors (Lipinski definition) is 0. The van der Waals surface area contributed by atoms with E-state index in [4.69, 9.17) is 16.3 Å². The van der Waals surface area contributed by atoms with Crippen molar-refractivity contribution in [1.29, 1.82) is 0 Å². The van der Waals surface area contributed by atoms with Crippen molar-refractivity contribution in [2.75, 3.05) is 7.11 Å². The first-order valence-corrected chi connectivity index (χ1v) is 8.92. The Bertz CT molecular complexity index is 938. The maximum atomic E-state index is 12.6. The van der Waals surface area contributed by atoms with Gasteiger partial charge in [0.2, 0.25) is 0 Å². The number of halogens is 1. The van der Waals surface area contributed by atoms with E-state index in [9.17, 15) is 8.42 Å². The molecule has 3 rings (SSSR count). The molecule has 124 valence electrons. The molecule has 0 aliphatic carbocycles. The summed E-state index contributed by atoms with van der Waals surface area (Å²) in [6.07, 6.45) is 0. The standard InChI is InChI=1S/C15H13ClN4O3S/c1-23-13-6-8-14(9-7-13)24(21,22)10-15-17-18-19-20(15)12-4-2-11(16)3-5-12/h2-9H,10H2,1H3. The van der Waals surface area contributed by atoms with Crippen molar-refractivity contribution in [3.63, 3.8) is 0 Å². The maximum absolute atomic E-state index is 12.6. The van der Waals surface area contributed by atoms with Gasteiger partial charge in [-0.05, 0) is 59.0 Å². The van der Waals surface area contributed by atoms with E-state index in [1.807, 2.05) is 0 Å². The van der Waals surface area contributed by atoms with Gasteiger partial charge in [-0.1, -0.05) is 11.6 Å². The van der Waals surface area contributed by atoms with E-state index in [2.05, 4.69) is 15.5 Å². The summed E-state index contributed by atoms with van der Waals surface area (Å²) in [6.45, 7) is 0. The number of benzene rings is 2. The zero-order valence-electron chi connectivity index (χ0n) is 12.6. The quantitative estimate of drug-likeness (QED) is 0.690. The zero-order valence-corrected chi connectivity index (χ0v) is 14.2. The minimum absolute atomic E-state index is 0.175. The second kappa shape index (κ2) is 6.58. The lowest BCUT2D eigenvalue weighted by Gasteiger charge is -2.07. The highest BCUT2D eigenvalue weighted by atomic mass is 35.5. The van der Waals surface area contributed by atoms with Crippen molar-refractivity contribution in [3.05, 3.63) is 59.4 Å². The van der Waals surface area contributed by atoms with Crippen LogP contribution in [-0.4, -0.2) is 35.7 Å². The molecule has 3 aromatic rings. The van der Waals surface area contributed by atoms with Crippen LogP contribution in [0.1, 0.15) is 5.82 Å². The number of nitrogens with zero attached hydrogens (tertiary/aromatic N) is 4. The SMILES string of the molecule is COc1ccc(S(=O)(=O)Cc2nnnn2-c2ccc(Cl)cc2)cc1. The summed E-state index contributed by atoms with van der Waals surface area (Å²) >= 11 is 5.86. The maximum Gasteiger partial charge on any atom is 0.185 e. The Hall–Kier alpha value is -2.45. The van der Waals surface area contributed by atoms with Crippen LogP contribution in [0.15, 0.2) is 53.4 Å². The first-order chi connectivity index (χ1) is 11.5. The largest absolute Gasteiger partial charge is 0.497 e. The fourth-order valence-corrected chi connectivity index (χ4v) is 3.48. The number of rotatable bonds is 5. The molecule has 0 bridgehead atoms. The van der Waals surface area contributed by atoms with Crippen LogP contribution >= 0.6 is 11.6 Å². The van der Waals surface area contributed by atoms with E-state index >= 15 is 0 Å². The highest BCUT2D eigenvalue weighted by molar-refractivity contribution is 7.90. The first kappa shape index (κ1) is 16.4. The molecule has 0 aliphatic rings. The third kappa shape index (κ3) is 3.39. The lowest BCUT2D eigenvalue weighted by atomic mass is 10.3. The Morgan fingerprint density at radius 1 is 1.08 bits per heavy atom. The predicted octanol–water partition coefficient (Wildman–Crippen LogP) is 2.30. The van der Waals surface area contributed by atoms with Gasteiger partial charge in [0.05, 0.1) is 17.7 Å². The molecule has 0 radical (unpaired) electrons. The normalized spacial score (nSPS) is 11.4. The van der Waals surface area contributed by atoms with Crippen LogP contribution in [0.4, 0.5) is 0 Å². The molecule has 24 heavy (non-hydrogen) atoms. The third-order valence-corrected chi connectivity index (χ3v) is 5.22. The van der Waals surface area contributed by atoms with E-state index < -0.39 is 9.84 Å². The molecule has 1 heterocycles. The van der Waals surface area contributed by atoms with Crippen LogP contribution < -0.4 is 4.74 Å². The van der Waals surface area contributed by atoms with Crippen LogP contribution in [0.25, 0.3) is 5.69 Å². The topological polar surface area (TPSA) is 87.0 Å². The second-order valence-electron chi connectivity index (χ2n) is 4.92. The molecule has 0 aliphatic heterocycles. The summed E-state index contributed by atoms with van der Waals surface area (Å²) in [5.41, 5.74) is 0.629. The average molecular weight is 365 g/mol. The summed E-state index contributed by atoms with van der Waals surface area (Å²) in [7, 11) is -2.07. The van der Waals surface area contributed by atoms with Gasteiger partial charge in [-0.2, -0.15) is 4.68 Å². The van der Waals surface area contributed by atoms with Gasteiger partial charge in [-0.3, -0.25) is 0 Å². The van der Waals surface area contributed by atoms with Gasteiger partial charge in [0, 0.05) is 5.02 Å². The fourth-order valence-electron chi connectivity index (χ4n) is 2.11. The van der Waals surface area contributed by atoms with Crippen LogP contribution in [0, 0.1) is 0 Å². The van der Waals surface area contributed by atoms with E-state index in [0.29, 0.717) is 16.5 Å². The molecule has 0 spiro atoms. The smallest absolute Gasteiger partial charge is 0.185 e. The Morgan fingerprint density at radius 3 is 2.38 bits per heavy atom. The molecule has 9 heteroatoms. The van der Waals surface area contributed by atoms with Crippen molar-refractivity contribution in [2.24, 2.45) is 0 Å². The van der Waals surface area contributed by atoms with E-state index in [-0.39, 0.29) is 16.5 Å². The lowest BCUT2D eigenvalue weighted by Crippen LogP contribution is -2.11. The molecule has 0 saturated carbocycles. The Morgan fingerprint density at radius 2 is 1.75 bits per heavy atom. The second-order valence-corrected chi connectivity index (χ2v) is 7.34. The highest BCUT2D eigenvalue weighted by Crippen LogP contribution is 2.20. The molecule has 0 saturated heterocycles. The molecular weight excluding hydrogens is 352 g/mol. The number of tetrazole rings is 1. The van der Waals surface area contributed by atoms with Crippen LogP contribution in [0.3, 0.4) is 0 Å². The number of aromatic nitrogens is 4. The van der Waals surface area contributed by atoms with E-state index in [1.54, 1.807) is 36.4 Å². The first-order valence-electron chi connectivity index (χ1n) is 6.89. The number of sulfone groups is 1. The molecule has 1 aromatic heterocycles. The summed E-state index contributed by atoms with van der Waals surface area (Å²) in [5, 5.41) is 11.8. The Balaban J connectivity index is 1.90. The molecule has 0 fully saturated rings. The van der Waals surface area contributed by atoms with Crippen molar-refractivity contribution >= 4 is 21.4 Å². The van der Waals surface area contributed by atoms with Crippen molar-refractivity contribution in [1.82, 2.24) is 20.2 Å². The van der Waals surface area contributed by atoms with Crippen molar-refractivity contribution in [3.8, 4) is 11.4 Å². The fraction of sp³-hybridized carbons (Fsp3) is 0.133. The molecule has 0 N–H and O–H groups in total. The van der Waals surface area contributed by atoms with Crippen LogP contribution in [0.5, 0.6) is 5.75 Å². The summed E-state index contributed by atoms with van der Waals surface area (Å²) < 4.78 is 31.5. The summed E-state index contributed by atoms with van der Waals surface area (Å²) in [5.74, 6) is 0.475. The highest BCUT2D eigenvalue weighted by Gasteiger charge is 2.20. The van der Waals surface area contributed by atoms with Gasteiger partial charge in [0.1, 0.15) is 11.5 Å². The van der Waals surface area contributed by atoms with Gasteiger partial charge in [-0.15, -0.1) is 5.10 Å². The van der Waals surface area contributed by atoms with E-state index in [0.717, 1.165) is 0 Å². The Labute approximate surface area is 143 Å². The predicted molar refractivity (Wildman–Crippen MR) is 88.0 cm³/mol. The number of methoxy groups -OCH3 is 1. The third-order valence-electron chi connectivity index (χ3n) is 3.34. The van der Waals surface area contributed by atoms with Gasteiger partial charge >= 0.3 is 0 Å². The number of hydrogen-bond acceptors (Lipinski definition) is 6. The van der Waals surface area contributed by atoms with Crippen LogP contribution in [0.2, 0.25) is 5.02 Å². The molecule has 0 amide bonds. The van der Waals surface area contributed by atoms with Crippen LogP contribution in [-0.2, 0) is 15.6 Å². The lowest BCUT2D eigenvalue weighted by molar-refractivity contribution is 0.414. The van der Waals surface area contributed by atoms with Gasteiger partial charge in [0.15, 0.2) is 15.7 Å². The van der Waals surface area contributed by atoms with Gasteiger partial charge in [-0.25, -0.2) is 8.42 Å². The van der Waals surface area contributed by atoms with Gasteiger partial charge in [0.25, 0.3) is 0 Å². The molecule has 0 atom stereocenters. The van der Waals surface area contributed by atoms with Gasteiger partial charge < -0.3 is 4.74 Å². The molecular formula is C15H13ClN4O3S. The molecule has 7 nitrogen and oxygen atoms in total. The minimum Gasteiger partial charge on any atom is -0.497 e. The minimum atomic E-state index is -3.59. The van der Waals surface area contributed by atoms with Crippen molar-refractivity contribution in [2.45, 2.75) is 10.6 Å². The molecule has 0 unspecified atom stereocenters. The zero-order chi connectivity index (χ0) is 17.2. The monoisotopic (exact) mass is 364 g/mol. The van der Waals surface area contributed by atoms with Crippen molar-refractivity contribution < 1.29 is 13.2 Å².